The fourth-order valence-electron chi connectivity index (χ4n) is 2.55. The maximum Gasteiger partial charge on any atom is 0.416 e. The van der Waals surface area contributed by atoms with Crippen molar-refractivity contribution in [1.82, 2.24) is 4.90 Å². The largest absolute Gasteiger partial charge is 0.416 e. The molecule has 1 heterocycles. The minimum Gasteiger partial charge on any atom is -0.383 e. The van der Waals surface area contributed by atoms with Gasteiger partial charge in [-0.1, -0.05) is 6.07 Å². The maximum absolute atomic E-state index is 12.8. The molecule has 2 N–H and O–H groups in total. The molecule has 0 saturated carbocycles. The van der Waals surface area contributed by atoms with E-state index in [2.05, 4.69) is 0 Å². The number of carbonyl (C=O) groups is 1. The Labute approximate surface area is 132 Å². The molecule has 5 nitrogen and oxygen atoms in total. The van der Waals surface area contributed by atoms with Gasteiger partial charge in [-0.3, -0.25) is 4.79 Å². The summed E-state index contributed by atoms with van der Waals surface area (Å²) in [6.07, 6.45) is -4.36. The van der Waals surface area contributed by atoms with E-state index in [9.17, 15) is 18.0 Å². The van der Waals surface area contributed by atoms with Crippen LogP contribution in [-0.2, 0) is 15.7 Å². The van der Waals surface area contributed by atoms with Gasteiger partial charge in [0.05, 0.1) is 12.2 Å². The molecular formula is C15H20F3N3O2. The number of carbonyl (C=O) groups excluding carboxylic acids is 1. The average Bonchev–Trinajstić information content (AvgIpc) is 2.54. The number of piperazine rings is 1. The molecule has 1 aliphatic heterocycles. The summed E-state index contributed by atoms with van der Waals surface area (Å²) in [5.41, 5.74) is 5.55. The van der Waals surface area contributed by atoms with Crippen LogP contribution in [0, 0.1) is 0 Å². The Morgan fingerprint density at radius 3 is 2.52 bits per heavy atom. The summed E-state index contributed by atoms with van der Waals surface area (Å²) < 4.78 is 43.2. The van der Waals surface area contributed by atoms with Gasteiger partial charge in [-0.15, -0.1) is 0 Å². The number of methoxy groups -OCH3 is 1. The highest BCUT2D eigenvalue weighted by atomic mass is 19.4. The summed E-state index contributed by atoms with van der Waals surface area (Å²) in [4.78, 5) is 15.5. The maximum atomic E-state index is 12.8. The molecule has 23 heavy (non-hydrogen) atoms. The Balaban J connectivity index is 1.98. The van der Waals surface area contributed by atoms with Crippen LogP contribution in [0.2, 0.25) is 0 Å². The van der Waals surface area contributed by atoms with E-state index in [-0.39, 0.29) is 12.5 Å². The normalized spacial score (nSPS) is 17.3. The highest BCUT2D eigenvalue weighted by Crippen LogP contribution is 2.31. The lowest BCUT2D eigenvalue weighted by Gasteiger charge is -2.37. The van der Waals surface area contributed by atoms with Crippen LogP contribution in [0.15, 0.2) is 24.3 Å². The molecule has 1 saturated heterocycles. The van der Waals surface area contributed by atoms with Gasteiger partial charge in [0, 0.05) is 39.0 Å². The molecule has 0 bridgehead atoms. The van der Waals surface area contributed by atoms with E-state index in [1.54, 1.807) is 11.0 Å². The third-order valence-corrected chi connectivity index (χ3v) is 3.79. The van der Waals surface area contributed by atoms with Crippen LogP contribution in [-0.4, -0.2) is 56.7 Å². The summed E-state index contributed by atoms with van der Waals surface area (Å²) in [6, 6.07) is 4.51. The molecule has 0 spiro atoms. The Hall–Kier alpha value is -1.80. The van der Waals surface area contributed by atoms with Crippen molar-refractivity contribution in [2.75, 3.05) is 44.8 Å². The predicted octanol–water partition coefficient (Wildman–Crippen LogP) is 1.33. The fraction of sp³-hybridized carbons (Fsp3) is 0.533. The van der Waals surface area contributed by atoms with Gasteiger partial charge in [0.2, 0.25) is 5.91 Å². The number of anilines is 1. The SMILES string of the molecule is COC[C@@H](N)C(=O)N1CCN(c2cccc(C(F)(F)F)c2)CC1. The number of benzene rings is 1. The Morgan fingerprint density at radius 2 is 1.96 bits per heavy atom. The first-order chi connectivity index (χ1) is 10.8. The topological polar surface area (TPSA) is 58.8 Å². The van der Waals surface area contributed by atoms with Crippen LogP contribution in [0.5, 0.6) is 0 Å². The lowest BCUT2D eigenvalue weighted by molar-refractivity contribution is -0.137. The van der Waals surface area contributed by atoms with E-state index < -0.39 is 17.8 Å². The van der Waals surface area contributed by atoms with Crippen molar-refractivity contribution in [2.45, 2.75) is 12.2 Å². The molecule has 8 heteroatoms. The van der Waals surface area contributed by atoms with Crippen LogP contribution >= 0.6 is 0 Å². The summed E-state index contributed by atoms with van der Waals surface area (Å²) >= 11 is 0. The first kappa shape index (κ1) is 17.6. The third kappa shape index (κ3) is 4.35. The highest BCUT2D eigenvalue weighted by Gasteiger charge is 2.31. The monoisotopic (exact) mass is 331 g/mol. The first-order valence-electron chi connectivity index (χ1n) is 7.28. The van der Waals surface area contributed by atoms with Crippen molar-refractivity contribution >= 4 is 11.6 Å². The first-order valence-corrected chi connectivity index (χ1v) is 7.28. The molecule has 1 amide bonds. The number of halogens is 3. The predicted molar refractivity (Wildman–Crippen MR) is 80.1 cm³/mol. The van der Waals surface area contributed by atoms with Crippen molar-refractivity contribution < 1.29 is 22.7 Å². The van der Waals surface area contributed by atoms with E-state index in [0.717, 1.165) is 12.1 Å². The molecule has 1 aromatic carbocycles. The van der Waals surface area contributed by atoms with Crippen LogP contribution in [0.3, 0.4) is 0 Å². The van der Waals surface area contributed by atoms with Crippen LogP contribution in [0.4, 0.5) is 18.9 Å². The van der Waals surface area contributed by atoms with E-state index >= 15 is 0 Å². The number of hydrogen-bond acceptors (Lipinski definition) is 4. The van der Waals surface area contributed by atoms with Gasteiger partial charge in [-0.2, -0.15) is 13.2 Å². The molecule has 1 aliphatic rings. The summed E-state index contributed by atoms with van der Waals surface area (Å²) in [7, 11) is 1.47. The molecule has 0 radical (unpaired) electrons. The van der Waals surface area contributed by atoms with Gasteiger partial charge in [-0.25, -0.2) is 0 Å². The van der Waals surface area contributed by atoms with Crippen molar-refractivity contribution in [3.63, 3.8) is 0 Å². The van der Waals surface area contributed by atoms with Crippen molar-refractivity contribution in [2.24, 2.45) is 5.73 Å². The average molecular weight is 331 g/mol. The lowest BCUT2D eigenvalue weighted by Crippen LogP contribution is -2.54. The second-order valence-electron chi connectivity index (χ2n) is 5.42. The van der Waals surface area contributed by atoms with E-state index in [4.69, 9.17) is 10.5 Å². The third-order valence-electron chi connectivity index (χ3n) is 3.79. The van der Waals surface area contributed by atoms with E-state index in [0.29, 0.717) is 31.9 Å². The second kappa shape index (κ2) is 7.18. The highest BCUT2D eigenvalue weighted by molar-refractivity contribution is 5.82. The van der Waals surface area contributed by atoms with Gasteiger partial charge >= 0.3 is 6.18 Å². The smallest absolute Gasteiger partial charge is 0.383 e. The molecular weight excluding hydrogens is 311 g/mol. The number of nitrogens with two attached hydrogens (primary N) is 1. The number of nitrogens with zero attached hydrogens (tertiary/aromatic N) is 2. The van der Waals surface area contributed by atoms with Crippen LogP contribution < -0.4 is 10.6 Å². The molecule has 2 rings (SSSR count). The standard InChI is InChI=1S/C15H20F3N3O2/c1-23-10-13(19)14(22)21-7-5-20(6-8-21)12-4-2-3-11(9-12)15(16,17)18/h2-4,9,13H,5-8,10,19H2,1H3/t13-/m1/s1. The summed E-state index contributed by atoms with van der Waals surface area (Å²) in [5, 5.41) is 0. The second-order valence-corrected chi connectivity index (χ2v) is 5.42. The Morgan fingerprint density at radius 1 is 1.30 bits per heavy atom. The van der Waals surface area contributed by atoms with Gasteiger partial charge in [0.15, 0.2) is 0 Å². The number of ether oxygens (including phenoxy) is 1. The molecule has 1 aromatic rings. The zero-order valence-electron chi connectivity index (χ0n) is 12.8. The lowest BCUT2D eigenvalue weighted by atomic mass is 10.1. The molecule has 1 fully saturated rings. The number of hydrogen-bond donors (Lipinski definition) is 1. The molecule has 0 aromatic heterocycles. The zero-order chi connectivity index (χ0) is 17.0. The van der Waals surface area contributed by atoms with E-state index in [1.165, 1.54) is 13.2 Å². The minimum atomic E-state index is -4.36. The summed E-state index contributed by atoms with van der Waals surface area (Å²) in [5.74, 6) is -0.199. The molecule has 0 unspecified atom stereocenters. The van der Waals surface area contributed by atoms with Crippen LogP contribution in [0.1, 0.15) is 5.56 Å². The Kier molecular flexibility index (Phi) is 5.48. The minimum absolute atomic E-state index is 0.146. The van der Waals surface area contributed by atoms with Crippen LogP contribution in [0.25, 0.3) is 0 Å². The van der Waals surface area contributed by atoms with Crippen molar-refractivity contribution in [3.8, 4) is 0 Å². The number of alkyl halides is 3. The molecule has 0 aliphatic carbocycles. The quantitative estimate of drug-likeness (QED) is 0.904. The van der Waals surface area contributed by atoms with Gasteiger partial charge in [-0.05, 0) is 18.2 Å². The van der Waals surface area contributed by atoms with Gasteiger partial charge in [0.1, 0.15) is 6.04 Å². The Bertz CT molecular complexity index is 543. The molecule has 128 valence electrons. The van der Waals surface area contributed by atoms with Crippen molar-refractivity contribution in [1.29, 1.82) is 0 Å². The molecule has 1 atom stereocenters. The fourth-order valence-corrected chi connectivity index (χ4v) is 2.55. The number of rotatable bonds is 4. The van der Waals surface area contributed by atoms with Gasteiger partial charge in [0.25, 0.3) is 0 Å². The van der Waals surface area contributed by atoms with Crippen molar-refractivity contribution in [3.05, 3.63) is 29.8 Å². The zero-order valence-corrected chi connectivity index (χ0v) is 12.8. The number of amides is 1. The van der Waals surface area contributed by atoms with Gasteiger partial charge < -0.3 is 20.3 Å². The summed E-state index contributed by atoms with van der Waals surface area (Å²) in [6.45, 7) is 1.92. The van der Waals surface area contributed by atoms with E-state index in [1.807, 2.05) is 4.90 Å².